The van der Waals surface area contributed by atoms with Crippen LogP contribution in [0.4, 0.5) is 0 Å². The summed E-state index contributed by atoms with van der Waals surface area (Å²) in [6.07, 6.45) is 12.0. The molecule has 3 nitrogen and oxygen atoms in total. The number of hydrogen-bond donors (Lipinski definition) is 2. The summed E-state index contributed by atoms with van der Waals surface area (Å²) in [6, 6.07) is 1.27. The predicted molar refractivity (Wildman–Crippen MR) is 82.8 cm³/mol. The summed E-state index contributed by atoms with van der Waals surface area (Å²) in [6.45, 7) is 4.29. The van der Waals surface area contributed by atoms with Gasteiger partial charge in [-0.1, -0.05) is 19.3 Å². The largest absolute Gasteiger partial charge is 0.396 e. The van der Waals surface area contributed by atoms with Gasteiger partial charge in [0, 0.05) is 25.2 Å². The third-order valence-electron chi connectivity index (χ3n) is 5.64. The van der Waals surface area contributed by atoms with Crippen molar-refractivity contribution in [3.63, 3.8) is 0 Å². The second-order valence-electron chi connectivity index (χ2n) is 7.37. The van der Waals surface area contributed by atoms with Gasteiger partial charge in [-0.05, 0) is 63.5 Å². The minimum absolute atomic E-state index is 0.373. The van der Waals surface area contributed by atoms with E-state index in [1.54, 1.807) is 0 Å². The van der Waals surface area contributed by atoms with Crippen molar-refractivity contribution in [2.75, 3.05) is 26.2 Å². The SMILES string of the molecule is OCC1CCCCCC1NC1CCN(CC2CC2)CC1. The number of nitrogens with zero attached hydrogens (tertiary/aromatic N) is 1. The van der Waals surface area contributed by atoms with Crippen LogP contribution in [0.5, 0.6) is 0 Å². The Kier molecular flexibility index (Phi) is 5.36. The van der Waals surface area contributed by atoms with Gasteiger partial charge in [-0.2, -0.15) is 0 Å². The molecule has 3 aliphatic rings. The first kappa shape index (κ1) is 14.8. The van der Waals surface area contributed by atoms with E-state index in [9.17, 15) is 5.11 Å². The zero-order valence-corrected chi connectivity index (χ0v) is 12.9. The quantitative estimate of drug-likeness (QED) is 0.759. The molecule has 1 aliphatic heterocycles. The maximum absolute atomic E-state index is 9.62. The number of piperidine rings is 1. The molecule has 20 heavy (non-hydrogen) atoms. The van der Waals surface area contributed by atoms with Crippen LogP contribution in [-0.2, 0) is 0 Å². The number of rotatable bonds is 5. The molecule has 1 saturated heterocycles. The minimum atomic E-state index is 0.373. The highest BCUT2D eigenvalue weighted by Gasteiger charge is 2.29. The first-order valence-corrected chi connectivity index (χ1v) is 8.94. The number of aliphatic hydroxyl groups excluding tert-OH is 1. The fourth-order valence-corrected chi connectivity index (χ4v) is 4.07. The molecule has 2 N–H and O–H groups in total. The highest BCUT2D eigenvalue weighted by atomic mass is 16.3. The highest BCUT2D eigenvalue weighted by Crippen LogP contribution is 2.31. The summed E-state index contributed by atoms with van der Waals surface area (Å²) in [5.41, 5.74) is 0. The average molecular weight is 280 g/mol. The van der Waals surface area contributed by atoms with Gasteiger partial charge in [-0.3, -0.25) is 0 Å². The number of hydrogen-bond acceptors (Lipinski definition) is 3. The molecule has 0 aromatic carbocycles. The van der Waals surface area contributed by atoms with Crippen molar-refractivity contribution in [3.8, 4) is 0 Å². The first-order chi connectivity index (χ1) is 9.85. The smallest absolute Gasteiger partial charge is 0.0474 e. The molecule has 0 aromatic heterocycles. The van der Waals surface area contributed by atoms with Gasteiger partial charge in [-0.15, -0.1) is 0 Å². The standard InChI is InChI=1S/C17H32N2O/c20-13-15-4-2-1-3-5-17(15)18-16-8-10-19(11-9-16)12-14-6-7-14/h14-18,20H,1-13H2. The van der Waals surface area contributed by atoms with Crippen molar-refractivity contribution in [1.29, 1.82) is 0 Å². The van der Waals surface area contributed by atoms with Gasteiger partial charge in [-0.25, -0.2) is 0 Å². The third-order valence-corrected chi connectivity index (χ3v) is 5.64. The van der Waals surface area contributed by atoms with E-state index in [2.05, 4.69) is 10.2 Å². The van der Waals surface area contributed by atoms with E-state index >= 15 is 0 Å². The lowest BCUT2D eigenvalue weighted by molar-refractivity contribution is 0.147. The summed E-state index contributed by atoms with van der Waals surface area (Å²) in [5, 5.41) is 13.5. The molecule has 3 rings (SSSR count). The number of aliphatic hydroxyl groups is 1. The van der Waals surface area contributed by atoms with E-state index in [-0.39, 0.29) is 0 Å². The Hall–Kier alpha value is -0.120. The molecule has 0 bridgehead atoms. The fraction of sp³-hybridized carbons (Fsp3) is 1.00. The Balaban J connectivity index is 1.42. The Morgan fingerprint density at radius 3 is 2.35 bits per heavy atom. The molecule has 3 fully saturated rings. The topological polar surface area (TPSA) is 35.5 Å². The van der Waals surface area contributed by atoms with E-state index in [0.29, 0.717) is 24.6 Å². The van der Waals surface area contributed by atoms with Gasteiger partial charge in [0.25, 0.3) is 0 Å². The van der Waals surface area contributed by atoms with E-state index < -0.39 is 0 Å². The van der Waals surface area contributed by atoms with Gasteiger partial charge >= 0.3 is 0 Å². The molecule has 3 heteroatoms. The Morgan fingerprint density at radius 1 is 0.900 bits per heavy atom. The van der Waals surface area contributed by atoms with E-state index in [1.165, 1.54) is 77.4 Å². The summed E-state index contributed by atoms with van der Waals surface area (Å²) in [4.78, 5) is 2.67. The second kappa shape index (κ2) is 7.24. The van der Waals surface area contributed by atoms with Gasteiger partial charge < -0.3 is 15.3 Å². The van der Waals surface area contributed by atoms with Crippen LogP contribution in [-0.4, -0.2) is 48.3 Å². The lowest BCUT2D eigenvalue weighted by atomic mass is 9.93. The van der Waals surface area contributed by atoms with Gasteiger partial charge in [0.1, 0.15) is 0 Å². The lowest BCUT2D eigenvalue weighted by Crippen LogP contribution is -2.49. The maximum atomic E-state index is 9.62. The summed E-state index contributed by atoms with van der Waals surface area (Å²) >= 11 is 0. The van der Waals surface area contributed by atoms with Crippen molar-refractivity contribution in [1.82, 2.24) is 10.2 Å². The molecule has 2 saturated carbocycles. The van der Waals surface area contributed by atoms with Crippen LogP contribution in [0.25, 0.3) is 0 Å². The fourth-order valence-electron chi connectivity index (χ4n) is 4.07. The van der Waals surface area contributed by atoms with Crippen LogP contribution in [0.15, 0.2) is 0 Å². The van der Waals surface area contributed by atoms with Crippen LogP contribution < -0.4 is 5.32 Å². The zero-order chi connectivity index (χ0) is 13.8. The molecule has 0 amide bonds. The molecule has 0 radical (unpaired) electrons. The second-order valence-corrected chi connectivity index (χ2v) is 7.37. The van der Waals surface area contributed by atoms with Gasteiger partial charge in [0.15, 0.2) is 0 Å². The molecular formula is C17H32N2O. The van der Waals surface area contributed by atoms with Crippen molar-refractivity contribution in [3.05, 3.63) is 0 Å². The van der Waals surface area contributed by atoms with E-state index in [1.807, 2.05) is 0 Å². The van der Waals surface area contributed by atoms with E-state index in [4.69, 9.17) is 0 Å². The number of likely N-dealkylation sites (tertiary alicyclic amines) is 1. The molecule has 1 heterocycles. The monoisotopic (exact) mass is 280 g/mol. The molecule has 2 atom stereocenters. The van der Waals surface area contributed by atoms with E-state index in [0.717, 1.165) is 5.92 Å². The van der Waals surface area contributed by atoms with Crippen LogP contribution in [0.1, 0.15) is 57.8 Å². The van der Waals surface area contributed by atoms with Gasteiger partial charge in [0.2, 0.25) is 0 Å². The van der Waals surface area contributed by atoms with Crippen molar-refractivity contribution in [2.45, 2.75) is 69.9 Å². The normalized spacial score (nSPS) is 34.0. The molecule has 116 valence electrons. The summed E-state index contributed by atoms with van der Waals surface area (Å²) in [7, 11) is 0. The lowest BCUT2D eigenvalue weighted by Gasteiger charge is -2.36. The van der Waals surface area contributed by atoms with Crippen LogP contribution in [0, 0.1) is 11.8 Å². The Bertz CT molecular complexity index is 285. The molecule has 2 unspecified atom stereocenters. The first-order valence-electron chi connectivity index (χ1n) is 8.94. The van der Waals surface area contributed by atoms with Crippen molar-refractivity contribution >= 4 is 0 Å². The summed E-state index contributed by atoms with van der Waals surface area (Å²) in [5.74, 6) is 1.53. The van der Waals surface area contributed by atoms with Crippen LogP contribution in [0.2, 0.25) is 0 Å². The molecule has 2 aliphatic carbocycles. The Morgan fingerprint density at radius 2 is 1.65 bits per heavy atom. The maximum Gasteiger partial charge on any atom is 0.0474 e. The number of nitrogens with one attached hydrogen (secondary N) is 1. The predicted octanol–water partition coefficient (Wildman–Crippen LogP) is 2.39. The van der Waals surface area contributed by atoms with Crippen LogP contribution >= 0.6 is 0 Å². The van der Waals surface area contributed by atoms with Gasteiger partial charge in [0.05, 0.1) is 0 Å². The zero-order valence-electron chi connectivity index (χ0n) is 12.9. The van der Waals surface area contributed by atoms with Crippen molar-refractivity contribution < 1.29 is 5.11 Å². The van der Waals surface area contributed by atoms with Crippen molar-refractivity contribution in [2.24, 2.45) is 11.8 Å². The molecule has 0 spiro atoms. The summed E-state index contributed by atoms with van der Waals surface area (Å²) < 4.78 is 0. The third kappa shape index (κ3) is 4.19. The Labute approximate surface area is 124 Å². The van der Waals surface area contributed by atoms with Crippen LogP contribution in [0.3, 0.4) is 0 Å². The minimum Gasteiger partial charge on any atom is -0.396 e. The molecule has 0 aromatic rings. The molecular weight excluding hydrogens is 248 g/mol. The highest BCUT2D eigenvalue weighted by molar-refractivity contribution is 4.87. The average Bonchev–Trinajstić information content (AvgIpc) is 3.28.